The van der Waals surface area contributed by atoms with E-state index in [1.807, 2.05) is 60.0 Å². The molecule has 3 nitrogen and oxygen atoms in total. The van der Waals surface area contributed by atoms with E-state index in [9.17, 15) is 9.90 Å². The number of aliphatic carboxylic acids is 1. The van der Waals surface area contributed by atoms with Crippen molar-refractivity contribution in [1.82, 2.24) is 0 Å². The van der Waals surface area contributed by atoms with E-state index in [-0.39, 0.29) is 5.57 Å². The van der Waals surface area contributed by atoms with Crippen LogP contribution in [0.5, 0.6) is 5.75 Å². The monoisotopic (exact) mass is 370 g/mol. The van der Waals surface area contributed by atoms with Gasteiger partial charge in [-0.05, 0) is 52.9 Å². The maximum Gasteiger partial charge on any atom is 0.337 e. The van der Waals surface area contributed by atoms with Gasteiger partial charge in [-0.1, -0.05) is 41.9 Å². The zero-order valence-corrected chi connectivity index (χ0v) is 14.8. The predicted octanol–water partition coefficient (Wildman–Crippen LogP) is 5.61. The van der Waals surface area contributed by atoms with Crippen molar-refractivity contribution in [3.63, 3.8) is 0 Å². The molecular formula is C20H15ClO3S. The number of carbonyl (C=O) groups is 1. The third-order valence-corrected chi connectivity index (χ3v) is 4.66. The highest BCUT2D eigenvalue weighted by molar-refractivity contribution is 7.11. The van der Waals surface area contributed by atoms with E-state index in [4.69, 9.17) is 16.3 Å². The van der Waals surface area contributed by atoms with Gasteiger partial charge < -0.3 is 9.84 Å². The Labute approximate surface area is 154 Å². The highest BCUT2D eigenvalue weighted by Gasteiger charge is 2.11. The van der Waals surface area contributed by atoms with Crippen LogP contribution >= 0.6 is 22.9 Å². The minimum atomic E-state index is -0.949. The van der Waals surface area contributed by atoms with Crippen LogP contribution in [-0.4, -0.2) is 11.1 Å². The number of rotatable bonds is 6. The summed E-state index contributed by atoms with van der Waals surface area (Å²) in [4.78, 5) is 12.2. The largest absolute Gasteiger partial charge is 0.489 e. The Morgan fingerprint density at radius 1 is 1.12 bits per heavy atom. The van der Waals surface area contributed by atoms with Gasteiger partial charge in [-0.3, -0.25) is 0 Å². The highest BCUT2D eigenvalue weighted by Crippen LogP contribution is 2.25. The van der Waals surface area contributed by atoms with Crippen LogP contribution in [0.25, 0.3) is 11.6 Å². The minimum absolute atomic E-state index is 0.268. The van der Waals surface area contributed by atoms with Gasteiger partial charge in [-0.15, -0.1) is 11.3 Å². The molecule has 3 aromatic rings. The summed E-state index contributed by atoms with van der Waals surface area (Å²) in [6, 6.07) is 18.5. The third kappa shape index (κ3) is 4.72. The molecule has 0 fully saturated rings. The van der Waals surface area contributed by atoms with Gasteiger partial charge in [0.1, 0.15) is 12.4 Å². The van der Waals surface area contributed by atoms with Crippen molar-refractivity contribution in [2.24, 2.45) is 0 Å². The summed E-state index contributed by atoms with van der Waals surface area (Å²) in [6.45, 7) is 0.418. The summed E-state index contributed by atoms with van der Waals surface area (Å²) >= 11 is 7.27. The molecule has 0 spiro atoms. The Morgan fingerprint density at radius 2 is 1.92 bits per heavy atom. The fourth-order valence-electron chi connectivity index (χ4n) is 2.28. The van der Waals surface area contributed by atoms with Crippen molar-refractivity contribution in [2.75, 3.05) is 0 Å². The lowest BCUT2D eigenvalue weighted by Gasteiger charge is -2.07. The SMILES string of the molecule is O=C(O)/C(=C/c1cccc(OCc2ccc(Cl)cc2)c1)c1cccs1. The number of ether oxygens (including phenoxy) is 1. The molecule has 5 heteroatoms. The fraction of sp³-hybridized carbons (Fsp3) is 0.0500. The first-order valence-electron chi connectivity index (χ1n) is 7.58. The normalized spacial score (nSPS) is 11.3. The van der Waals surface area contributed by atoms with E-state index in [1.165, 1.54) is 11.3 Å². The molecule has 0 amide bonds. The number of carboxylic acid groups (broad SMARTS) is 1. The van der Waals surface area contributed by atoms with Crippen molar-refractivity contribution in [3.8, 4) is 5.75 Å². The molecular weight excluding hydrogens is 356 g/mol. The molecule has 1 aromatic heterocycles. The second-order valence-corrected chi connectivity index (χ2v) is 6.71. The maximum absolute atomic E-state index is 11.5. The number of thiophene rings is 1. The lowest BCUT2D eigenvalue weighted by Crippen LogP contribution is -1.98. The van der Waals surface area contributed by atoms with Gasteiger partial charge in [0.2, 0.25) is 0 Å². The summed E-state index contributed by atoms with van der Waals surface area (Å²) < 4.78 is 5.79. The number of hydrogen-bond donors (Lipinski definition) is 1. The lowest BCUT2D eigenvalue weighted by atomic mass is 10.1. The van der Waals surface area contributed by atoms with E-state index >= 15 is 0 Å². The van der Waals surface area contributed by atoms with Crippen LogP contribution in [0.2, 0.25) is 5.02 Å². The minimum Gasteiger partial charge on any atom is -0.489 e. The second-order valence-electron chi connectivity index (χ2n) is 5.33. The Hall–Kier alpha value is -2.56. The number of halogens is 1. The standard InChI is InChI=1S/C20H15ClO3S/c21-16-8-6-14(7-9-16)13-24-17-4-1-3-15(11-17)12-18(20(22)23)19-5-2-10-25-19/h1-12H,13H2,(H,22,23)/b18-12+. The second kappa shape index (κ2) is 8.01. The number of benzene rings is 2. The Kier molecular flexibility index (Phi) is 5.53. The topological polar surface area (TPSA) is 46.5 Å². The summed E-state index contributed by atoms with van der Waals surface area (Å²) in [5.41, 5.74) is 2.06. The van der Waals surface area contributed by atoms with Gasteiger partial charge in [-0.2, -0.15) is 0 Å². The van der Waals surface area contributed by atoms with E-state index in [2.05, 4.69) is 0 Å². The molecule has 126 valence electrons. The molecule has 0 unspecified atom stereocenters. The van der Waals surface area contributed by atoms with E-state index in [0.717, 1.165) is 16.0 Å². The van der Waals surface area contributed by atoms with Crippen LogP contribution in [0.4, 0.5) is 0 Å². The molecule has 0 aliphatic carbocycles. The smallest absolute Gasteiger partial charge is 0.337 e. The summed E-state index contributed by atoms with van der Waals surface area (Å²) in [6.07, 6.45) is 1.66. The lowest BCUT2D eigenvalue weighted by molar-refractivity contribution is -0.130. The molecule has 0 aliphatic rings. The molecule has 0 radical (unpaired) electrons. The Balaban J connectivity index is 1.77. The Bertz CT molecular complexity index is 884. The van der Waals surface area contributed by atoms with Crippen LogP contribution in [0.15, 0.2) is 66.0 Å². The number of hydrogen-bond acceptors (Lipinski definition) is 3. The van der Waals surface area contributed by atoms with E-state index in [0.29, 0.717) is 17.4 Å². The van der Waals surface area contributed by atoms with Gasteiger partial charge in [0.05, 0.1) is 5.57 Å². The van der Waals surface area contributed by atoms with Crippen molar-refractivity contribution < 1.29 is 14.6 Å². The quantitative estimate of drug-likeness (QED) is 0.574. The summed E-state index contributed by atoms with van der Waals surface area (Å²) in [5, 5.41) is 12.0. The molecule has 1 N–H and O–H groups in total. The van der Waals surface area contributed by atoms with Gasteiger partial charge in [-0.25, -0.2) is 4.79 Å². The van der Waals surface area contributed by atoms with Crippen molar-refractivity contribution in [3.05, 3.63) is 87.1 Å². The predicted molar refractivity (Wildman–Crippen MR) is 102 cm³/mol. The summed E-state index contributed by atoms with van der Waals surface area (Å²) in [5.74, 6) is -0.269. The van der Waals surface area contributed by atoms with Crippen LogP contribution in [-0.2, 0) is 11.4 Å². The average molecular weight is 371 g/mol. The van der Waals surface area contributed by atoms with Crippen molar-refractivity contribution in [1.29, 1.82) is 0 Å². The number of carboxylic acids is 1. The molecule has 0 saturated heterocycles. The van der Waals surface area contributed by atoms with Gasteiger partial charge in [0.25, 0.3) is 0 Å². The van der Waals surface area contributed by atoms with E-state index < -0.39 is 5.97 Å². The first-order valence-corrected chi connectivity index (χ1v) is 8.84. The maximum atomic E-state index is 11.5. The van der Waals surface area contributed by atoms with Crippen LogP contribution < -0.4 is 4.74 Å². The van der Waals surface area contributed by atoms with Crippen molar-refractivity contribution >= 4 is 40.6 Å². The third-order valence-electron chi connectivity index (χ3n) is 3.50. The zero-order valence-electron chi connectivity index (χ0n) is 13.2. The molecule has 0 bridgehead atoms. The highest BCUT2D eigenvalue weighted by atomic mass is 35.5. The zero-order chi connectivity index (χ0) is 17.6. The summed E-state index contributed by atoms with van der Waals surface area (Å²) in [7, 11) is 0. The molecule has 3 rings (SSSR count). The van der Waals surface area contributed by atoms with Gasteiger partial charge in [0.15, 0.2) is 0 Å². The molecule has 25 heavy (non-hydrogen) atoms. The molecule has 1 heterocycles. The van der Waals surface area contributed by atoms with Gasteiger partial charge >= 0.3 is 5.97 Å². The first kappa shape index (κ1) is 17.3. The van der Waals surface area contributed by atoms with Crippen LogP contribution in [0.3, 0.4) is 0 Å². The van der Waals surface area contributed by atoms with Crippen LogP contribution in [0, 0.1) is 0 Å². The van der Waals surface area contributed by atoms with Crippen molar-refractivity contribution in [2.45, 2.75) is 6.61 Å². The first-order chi connectivity index (χ1) is 12.1. The molecule has 0 aliphatic heterocycles. The van der Waals surface area contributed by atoms with Gasteiger partial charge in [0, 0.05) is 9.90 Å². The molecule has 0 atom stereocenters. The molecule has 2 aromatic carbocycles. The van der Waals surface area contributed by atoms with Crippen LogP contribution in [0.1, 0.15) is 16.0 Å². The Morgan fingerprint density at radius 3 is 2.60 bits per heavy atom. The van der Waals surface area contributed by atoms with E-state index in [1.54, 1.807) is 12.1 Å². The average Bonchev–Trinajstić information content (AvgIpc) is 3.13. The fourth-order valence-corrected chi connectivity index (χ4v) is 3.14. The molecule has 0 saturated carbocycles.